The molecular weight excluding hydrogens is 324 g/mol. The number of hydrogen-bond donors (Lipinski definition) is 0. The third kappa shape index (κ3) is 3.53. The van der Waals surface area contributed by atoms with Crippen molar-refractivity contribution in [3.05, 3.63) is 40.4 Å². The summed E-state index contributed by atoms with van der Waals surface area (Å²) in [5.74, 6) is 0.874. The minimum absolute atomic E-state index is 0.0297. The molecule has 2 aromatic rings. The molecule has 1 heterocycles. The molecule has 1 aromatic heterocycles. The Labute approximate surface area is 146 Å². The highest BCUT2D eigenvalue weighted by Gasteiger charge is 2.35. The Morgan fingerprint density at radius 1 is 1.38 bits per heavy atom. The Balaban J connectivity index is 1.85. The first-order valence-electron chi connectivity index (χ1n) is 8.17. The van der Waals surface area contributed by atoms with Crippen molar-refractivity contribution in [3.8, 4) is 10.9 Å². The molecule has 0 atom stereocenters. The number of thiazole rings is 1. The molecule has 0 N–H and O–H groups in total. The molecule has 1 saturated carbocycles. The number of rotatable bonds is 7. The smallest absolute Gasteiger partial charge is 0.273 e. The molecule has 0 spiro atoms. The largest absolute Gasteiger partial charge is 0.494 e. The van der Waals surface area contributed by atoms with Gasteiger partial charge in [-0.3, -0.25) is 4.79 Å². The maximum atomic E-state index is 13.0. The lowest BCUT2D eigenvalue weighted by Gasteiger charge is -2.23. The Morgan fingerprint density at radius 2 is 2.12 bits per heavy atom. The van der Waals surface area contributed by atoms with Gasteiger partial charge in [0.25, 0.3) is 11.1 Å². The van der Waals surface area contributed by atoms with Gasteiger partial charge in [0.05, 0.1) is 19.4 Å². The fraction of sp³-hybridized carbons (Fsp3) is 0.444. The zero-order valence-electron chi connectivity index (χ0n) is 14.2. The number of nitrogens with zero attached hydrogens (tertiary/aromatic N) is 2. The van der Waals surface area contributed by atoms with E-state index in [4.69, 9.17) is 9.47 Å². The lowest BCUT2D eigenvalue weighted by Crippen LogP contribution is -2.32. The second-order valence-electron chi connectivity index (χ2n) is 5.80. The highest BCUT2D eigenvalue weighted by atomic mass is 32.1. The number of methoxy groups -OCH3 is 1. The van der Waals surface area contributed by atoms with Crippen LogP contribution in [0.4, 0.5) is 0 Å². The second kappa shape index (κ2) is 7.21. The van der Waals surface area contributed by atoms with E-state index in [-0.39, 0.29) is 5.91 Å². The van der Waals surface area contributed by atoms with Crippen molar-refractivity contribution >= 4 is 17.2 Å². The Bertz CT molecular complexity index is 725. The van der Waals surface area contributed by atoms with E-state index in [1.807, 2.05) is 43.0 Å². The number of aromatic nitrogens is 1. The molecule has 6 heteroatoms. The first-order valence-corrected chi connectivity index (χ1v) is 8.98. The van der Waals surface area contributed by atoms with Crippen LogP contribution in [0.15, 0.2) is 24.3 Å². The molecule has 0 saturated heterocycles. The van der Waals surface area contributed by atoms with Crippen LogP contribution in [0.25, 0.3) is 0 Å². The third-order valence-electron chi connectivity index (χ3n) is 4.01. The number of carbonyl (C=O) groups is 1. The van der Waals surface area contributed by atoms with Crippen LogP contribution < -0.4 is 9.47 Å². The topological polar surface area (TPSA) is 51.7 Å². The fourth-order valence-electron chi connectivity index (χ4n) is 2.66. The molecule has 24 heavy (non-hydrogen) atoms. The number of ether oxygens (including phenoxy) is 2. The number of hydrogen-bond acceptors (Lipinski definition) is 5. The van der Waals surface area contributed by atoms with Crippen LogP contribution in [0, 0.1) is 6.92 Å². The zero-order chi connectivity index (χ0) is 17.1. The molecule has 1 fully saturated rings. The molecule has 0 bridgehead atoms. The monoisotopic (exact) mass is 346 g/mol. The van der Waals surface area contributed by atoms with E-state index in [1.165, 1.54) is 11.3 Å². The van der Waals surface area contributed by atoms with Crippen LogP contribution >= 0.6 is 11.3 Å². The normalized spacial score (nSPS) is 13.6. The van der Waals surface area contributed by atoms with Gasteiger partial charge in [0.2, 0.25) is 0 Å². The molecular formula is C18H22N2O3S. The molecule has 1 aromatic carbocycles. The zero-order valence-corrected chi connectivity index (χ0v) is 15.1. The number of aryl methyl sites for hydroxylation is 1. The molecule has 1 amide bonds. The predicted octanol–water partition coefficient (Wildman–Crippen LogP) is 3.66. The van der Waals surface area contributed by atoms with Crippen molar-refractivity contribution in [2.24, 2.45) is 0 Å². The average Bonchev–Trinajstić information content (AvgIpc) is 3.35. The highest BCUT2D eigenvalue weighted by molar-refractivity contribution is 7.15. The average molecular weight is 346 g/mol. The third-order valence-corrected chi connectivity index (χ3v) is 5.11. The van der Waals surface area contributed by atoms with E-state index < -0.39 is 0 Å². The standard InChI is InChI=1S/C18H22N2O3S/c1-4-23-15-8-6-5-7-13(15)11-20(14-9-10-14)17(21)16-12(2)19-18(22-3)24-16/h5-8,14H,4,9-11H2,1-3H3. The number of amides is 1. The first kappa shape index (κ1) is 16.8. The minimum Gasteiger partial charge on any atom is -0.494 e. The molecule has 1 aliphatic carbocycles. The van der Waals surface area contributed by atoms with Crippen molar-refractivity contribution in [1.29, 1.82) is 0 Å². The molecule has 0 unspecified atom stereocenters. The summed E-state index contributed by atoms with van der Waals surface area (Å²) in [6.07, 6.45) is 2.11. The molecule has 0 aliphatic heterocycles. The lowest BCUT2D eigenvalue weighted by molar-refractivity contribution is 0.0732. The molecule has 0 radical (unpaired) electrons. The molecule has 1 aliphatic rings. The SMILES string of the molecule is CCOc1ccccc1CN(C(=O)c1sc(OC)nc1C)C1CC1. The number of para-hydroxylation sites is 1. The summed E-state index contributed by atoms with van der Waals surface area (Å²) in [4.78, 5) is 19.9. The lowest BCUT2D eigenvalue weighted by atomic mass is 10.1. The van der Waals surface area contributed by atoms with Crippen LogP contribution in [-0.4, -0.2) is 35.5 Å². The van der Waals surface area contributed by atoms with Crippen molar-refractivity contribution in [2.45, 2.75) is 39.3 Å². The minimum atomic E-state index is 0.0297. The van der Waals surface area contributed by atoms with Crippen LogP contribution in [0.1, 0.15) is 40.7 Å². The fourth-order valence-corrected chi connectivity index (χ4v) is 3.49. The van der Waals surface area contributed by atoms with Gasteiger partial charge in [-0.2, -0.15) is 0 Å². The summed E-state index contributed by atoms with van der Waals surface area (Å²) < 4.78 is 10.9. The van der Waals surface area contributed by atoms with Crippen molar-refractivity contribution in [3.63, 3.8) is 0 Å². The van der Waals surface area contributed by atoms with Gasteiger partial charge in [0, 0.05) is 18.2 Å². The highest BCUT2D eigenvalue weighted by Crippen LogP contribution is 2.34. The van der Waals surface area contributed by atoms with Crippen LogP contribution in [0.5, 0.6) is 10.9 Å². The van der Waals surface area contributed by atoms with Crippen molar-refractivity contribution in [2.75, 3.05) is 13.7 Å². The Kier molecular flexibility index (Phi) is 5.04. The van der Waals surface area contributed by atoms with Crippen LogP contribution in [-0.2, 0) is 6.54 Å². The number of benzene rings is 1. The van der Waals surface area contributed by atoms with Gasteiger partial charge in [-0.15, -0.1) is 0 Å². The van der Waals surface area contributed by atoms with Gasteiger partial charge in [-0.1, -0.05) is 29.5 Å². The van der Waals surface area contributed by atoms with Gasteiger partial charge >= 0.3 is 0 Å². The maximum Gasteiger partial charge on any atom is 0.273 e. The molecule has 128 valence electrons. The van der Waals surface area contributed by atoms with E-state index in [1.54, 1.807) is 7.11 Å². The maximum absolute atomic E-state index is 13.0. The van der Waals surface area contributed by atoms with E-state index in [0.717, 1.165) is 29.8 Å². The summed E-state index contributed by atoms with van der Waals surface area (Å²) in [6.45, 7) is 4.98. The Hall–Kier alpha value is -2.08. The summed E-state index contributed by atoms with van der Waals surface area (Å²) in [6, 6.07) is 8.22. The summed E-state index contributed by atoms with van der Waals surface area (Å²) >= 11 is 1.31. The molecule has 3 rings (SSSR count). The predicted molar refractivity (Wildman–Crippen MR) is 93.9 cm³/mol. The van der Waals surface area contributed by atoms with Gasteiger partial charge in [-0.25, -0.2) is 4.98 Å². The van der Waals surface area contributed by atoms with Crippen LogP contribution in [0.2, 0.25) is 0 Å². The van der Waals surface area contributed by atoms with E-state index in [9.17, 15) is 4.79 Å². The number of carbonyl (C=O) groups excluding carboxylic acids is 1. The van der Waals surface area contributed by atoms with Crippen molar-refractivity contribution < 1.29 is 14.3 Å². The first-order chi connectivity index (χ1) is 11.6. The van der Waals surface area contributed by atoms with Crippen LogP contribution in [0.3, 0.4) is 0 Å². The van der Waals surface area contributed by atoms with E-state index >= 15 is 0 Å². The Morgan fingerprint density at radius 3 is 2.75 bits per heavy atom. The summed E-state index contributed by atoms with van der Waals surface area (Å²) in [5, 5.41) is 0.529. The second-order valence-corrected chi connectivity index (χ2v) is 6.77. The molecule has 5 nitrogen and oxygen atoms in total. The van der Waals surface area contributed by atoms with Gasteiger partial charge in [-0.05, 0) is 32.8 Å². The van der Waals surface area contributed by atoms with E-state index in [0.29, 0.717) is 29.3 Å². The van der Waals surface area contributed by atoms with Gasteiger partial charge < -0.3 is 14.4 Å². The van der Waals surface area contributed by atoms with Gasteiger partial charge in [0.15, 0.2) is 0 Å². The van der Waals surface area contributed by atoms with Crippen molar-refractivity contribution in [1.82, 2.24) is 9.88 Å². The quantitative estimate of drug-likeness (QED) is 0.768. The van der Waals surface area contributed by atoms with E-state index in [2.05, 4.69) is 4.98 Å². The summed E-state index contributed by atoms with van der Waals surface area (Å²) in [5.41, 5.74) is 1.76. The van der Waals surface area contributed by atoms with Gasteiger partial charge in [0.1, 0.15) is 10.6 Å². The summed E-state index contributed by atoms with van der Waals surface area (Å²) in [7, 11) is 1.57.